The van der Waals surface area contributed by atoms with Crippen LogP contribution in [0.3, 0.4) is 0 Å². The highest BCUT2D eigenvalue weighted by Gasteiger charge is 2.52. The van der Waals surface area contributed by atoms with Crippen LogP contribution in [0.1, 0.15) is 43.6 Å². The predicted octanol–water partition coefficient (Wildman–Crippen LogP) is 4.19. The molecule has 4 rings (SSSR count). The number of aliphatic hydroxyl groups is 1. The number of urea groups is 1. The van der Waals surface area contributed by atoms with Crippen molar-refractivity contribution in [3.8, 4) is 17.2 Å². The molecule has 0 bridgehead atoms. The minimum absolute atomic E-state index is 0.148. The zero-order valence-corrected chi connectivity index (χ0v) is 16.8. The summed E-state index contributed by atoms with van der Waals surface area (Å²) < 4.78 is 13.5. The predicted molar refractivity (Wildman–Crippen MR) is 112 cm³/mol. The van der Waals surface area contributed by atoms with Crippen LogP contribution in [0.25, 0.3) is 11.1 Å². The molecule has 2 fully saturated rings. The van der Waals surface area contributed by atoms with Crippen LogP contribution >= 0.6 is 0 Å². The van der Waals surface area contributed by atoms with E-state index in [1.165, 1.54) is 23.5 Å². The summed E-state index contributed by atoms with van der Waals surface area (Å²) in [6.45, 7) is -0.202. The summed E-state index contributed by atoms with van der Waals surface area (Å²) in [5, 5.41) is 22.7. The summed E-state index contributed by atoms with van der Waals surface area (Å²) in [5.41, 5.74) is 2.54. The number of carbonyl (C=O) groups is 1. The number of nitrogens with one attached hydrogen (secondary N) is 1. The largest absolute Gasteiger partial charge is 0.394 e. The van der Waals surface area contributed by atoms with Gasteiger partial charge in [0.1, 0.15) is 11.9 Å². The molecule has 2 amide bonds. The minimum Gasteiger partial charge on any atom is -0.394 e. The molecule has 2 N–H and O–H groups in total. The molecule has 3 atom stereocenters. The van der Waals surface area contributed by atoms with Crippen LogP contribution in [0.2, 0.25) is 0 Å². The zero-order chi connectivity index (χ0) is 21.1. The summed E-state index contributed by atoms with van der Waals surface area (Å²) in [6.07, 6.45) is 5.34. The number of halogens is 1. The molecule has 1 aliphatic carbocycles. The second-order valence-corrected chi connectivity index (χ2v) is 8.17. The van der Waals surface area contributed by atoms with E-state index < -0.39 is 12.1 Å². The Morgan fingerprint density at radius 3 is 2.50 bits per heavy atom. The van der Waals surface area contributed by atoms with E-state index in [4.69, 9.17) is 0 Å². The molecule has 0 unspecified atom stereocenters. The Bertz CT molecular complexity index is 934. The second kappa shape index (κ2) is 8.85. The first-order valence-corrected chi connectivity index (χ1v) is 10.6. The molecule has 1 saturated carbocycles. The second-order valence-electron chi connectivity index (χ2n) is 8.17. The summed E-state index contributed by atoms with van der Waals surface area (Å²) in [4.78, 5) is 14.3. The molecule has 1 aliphatic heterocycles. The highest BCUT2D eigenvalue weighted by molar-refractivity contribution is 5.78. The first kappa shape index (κ1) is 20.4. The van der Waals surface area contributed by atoms with E-state index in [1.807, 2.05) is 30.3 Å². The van der Waals surface area contributed by atoms with Gasteiger partial charge in [-0.1, -0.05) is 55.7 Å². The monoisotopic (exact) mass is 407 g/mol. The molecule has 1 heterocycles. The fourth-order valence-electron chi connectivity index (χ4n) is 4.75. The van der Waals surface area contributed by atoms with Crippen LogP contribution in [0.5, 0.6) is 0 Å². The van der Waals surface area contributed by atoms with Gasteiger partial charge in [0.25, 0.3) is 0 Å². The molecule has 5 nitrogen and oxygen atoms in total. The number of hydrogen-bond donors (Lipinski definition) is 2. The fourth-order valence-corrected chi connectivity index (χ4v) is 4.75. The summed E-state index contributed by atoms with van der Waals surface area (Å²) in [5.74, 6) is -0.543. The molecular weight excluding hydrogens is 381 g/mol. The molecule has 6 heteroatoms. The summed E-state index contributed by atoms with van der Waals surface area (Å²) >= 11 is 0. The molecule has 0 spiro atoms. The number of aliphatic hydroxyl groups excluding tert-OH is 1. The fraction of sp³-hybridized carbons (Fsp3) is 0.417. The standard InChI is InChI=1S/C24H26FN3O2/c25-19-6-4-5-18(13-19)16-9-11-17(12-10-16)23-21(14-26)28(22(23)15-29)24(30)27-20-7-2-1-3-8-20/h4-6,9-13,20-23,29H,1-3,7-8,15H2,(H,27,30)/t21-,22+,23+/m1/s1. The first-order valence-electron chi connectivity index (χ1n) is 10.6. The van der Waals surface area contributed by atoms with Crippen molar-refractivity contribution in [2.24, 2.45) is 0 Å². The van der Waals surface area contributed by atoms with Gasteiger partial charge in [-0.2, -0.15) is 5.26 Å². The van der Waals surface area contributed by atoms with Crippen molar-refractivity contribution in [1.82, 2.24) is 10.2 Å². The van der Waals surface area contributed by atoms with Crippen LogP contribution < -0.4 is 5.32 Å². The smallest absolute Gasteiger partial charge is 0.319 e. The summed E-state index contributed by atoms with van der Waals surface area (Å²) in [6, 6.07) is 15.0. The van der Waals surface area contributed by atoms with Gasteiger partial charge in [0.2, 0.25) is 0 Å². The lowest BCUT2D eigenvalue weighted by molar-refractivity contribution is 0.0153. The maximum Gasteiger partial charge on any atom is 0.319 e. The molecule has 2 aromatic rings. The lowest BCUT2D eigenvalue weighted by Gasteiger charge is -2.51. The van der Waals surface area contributed by atoms with Crippen LogP contribution in [-0.4, -0.2) is 40.8 Å². The molecule has 0 radical (unpaired) electrons. The van der Waals surface area contributed by atoms with Crippen molar-refractivity contribution in [3.63, 3.8) is 0 Å². The molecule has 2 aliphatic rings. The van der Waals surface area contributed by atoms with Gasteiger partial charge in [0.05, 0.1) is 18.7 Å². The van der Waals surface area contributed by atoms with Crippen molar-refractivity contribution in [3.05, 3.63) is 59.9 Å². The van der Waals surface area contributed by atoms with Gasteiger partial charge >= 0.3 is 6.03 Å². The number of carbonyl (C=O) groups excluding carboxylic acids is 1. The van der Waals surface area contributed by atoms with Gasteiger partial charge in [-0.3, -0.25) is 0 Å². The normalized spacial score (nSPS) is 24.0. The number of benzene rings is 2. The van der Waals surface area contributed by atoms with Gasteiger partial charge in [-0.25, -0.2) is 9.18 Å². The molecule has 30 heavy (non-hydrogen) atoms. The lowest BCUT2D eigenvalue weighted by Crippen LogP contribution is -2.67. The number of rotatable bonds is 4. The third kappa shape index (κ3) is 3.90. The number of nitrogens with zero attached hydrogens (tertiary/aromatic N) is 2. The maximum atomic E-state index is 13.5. The Hall–Kier alpha value is -2.91. The first-order chi connectivity index (χ1) is 14.6. The highest BCUT2D eigenvalue weighted by Crippen LogP contribution is 2.41. The van der Waals surface area contributed by atoms with Crippen LogP contribution in [-0.2, 0) is 0 Å². The molecule has 2 aromatic carbocycles. The molecule has 0 aromatic heterocycles. The maximum absolute atomic E-state index is 13.5. The average Bonchev–Trinajstić information content (AvgIpc) is 2.75. The van der Waals surface area contributed by atoms with E-state index >= 15 is 0 Å². The van der Waals surface area contributed by atoms with E-state index in [0.29, 0.717) is 0 Å². The Morgan fingerprint density at radius 1 is 1.13 bits per heavy atom. The Labute approximate surface area is 176 Å². The summed E-state index contributed by atoms with van der Waals surface area (Å²) in [7, 11) is 0. The number of nitriles is 1. The zero-order valence-electron chi connectivity index (χ0n) is 16.8. The third-order valence-corrected chi connectivity index (χ3v) is 6.35. The van der Waals surface area contributed by atoms with Crippen molar-refractivity contribution >= 4 is 6.03 Å². The Kier molecular flexibility index (Phi) is 6.01. The van der Waals surface area contributed by atoms with Crippen molar-refractivity contribution in [1.29, 1.82) is 5.26 Å². The van der Waals surface area contributed by atoms with Gasteiger partial charge in [-0.15, -0.1) is 0 Å². The quantitative estimate of drug-likeness (QED) is 0.798. The van der Waals surface area contributed by atoms with Crippen LogP contribution in [0.15, 0.2) is 48.5 Å². The van der Waals surface area contributed by atoms with Gasteiger partial charge in [0.15, 0.2) is 0 Å². The Morgan fingerprint density at radius 2 is 1.87 bits per heavy atom. The molecule has 156 valence electrons. The van der Waals surface area contributed by atoms with E-state index in [0.717, 1.165) is 42.4 Å². The van der Waals surface area contributed by atoms with Gasteiger partial charge in [0, 0.05) is 12.0 Å². The minimum atomic E-state index is -0.620. The molecular formula is C24H26FN3O2. The van der Waals surface area contributed by atoms with E-state index in [-0.39, 0.29) is 30.4 Å². The van der Waals surface area contributed by atoms with Crippen molar-refractivity contribution < 1.29 is 14.3 Å². The van der Waals surface area contributed by atoms with Crippen molar-refractivity contribution in [2.45, 2.75) is 56.1 Å². The highest BCUT2D eigenvalue weighted by atomic mass is 19.1. The van der Waals surface area contributed by atoms with E-state index in [2.05, 4.69) is 11.4 Å². The van der Waals surface area contributed by atoms with E-state index in [9.17, 15) is 19.6 Å². The average molecular weight is 407 g/mol. The SMILES string of the molecule is N#C[C@@H]1[C@H](c2ccc(-c3cccc(F)c3)cc2)[C@H](CO)N1C(=O)NC1CCCCC1. The number of likely N-dealkylation sites (tertiary alicyclic amines) is 1. The Balaban J connectivity index is 1.50. The van der Waals surface area contributed by atoms with Gasteiger partial charge in [-0.05, 0) is 41.7 Å². The third-order valence-electron chi connectivity index (χ3n) is 6.35. The van der Waals surface area contributed by atoms with Crippen LogP contribution in [0, 0.1) is 17.1 Å². The number of hydrogen-bond acceptors (Lipinski definition) is 3. The van der Waals surface area contributed by atoms with Crippen molar-refractivity contribution in [2.75, 3.05) is 6.61 Å². The molecule has 1 saturated heterocycles. The van der Waals surface area contributed by atoms with Gasteiger partial charge < -0.3 is 15.3 Å². The topological polar surface area (TPSA) is 76.4 Å². The van der Waals surface area contributed by atoms with Crippen LogP contribution in [0.4, 0.5) is 9.18 Å². The van der Waals surface area contributed by atoms with E-state index in [1.54, 1.807) is 6.07 Å². The number of amides is 2. The lowest BCUT2D eigenvalue weighted by atomic mass is 9.75.